The number of para-hydroxylation sites is 3. The molecule has 0 aliphatic heterocycles. The van der Waals surface area contributed by atoms with Crippen LogP contribution in [-0.2, 0) is 0 Å². The molecule has 0 aliphatic rings. The van der Waals surface area contributed by atoms with Gasteiger partial charge in [-0.1, -0.05) is 30.3 Å². The highest BCUT2D eigenvalue weighted by molar-refractivity contribution is 5.90. The summed E-state index contributed by atoms with van der Waals surface area (Å²) in [6.45, 7) is 2.05. The third-order valence-corrected chi connectivity index (χ3v) is 4.14. The van der Waals surface area contributed by atoms with E-state index in [-0.39, 0.29) is 0 Å². The van der Waals surface area contributed by atoms with Gasteiger partial charge in [0.15, 0.2) is 0 Å². The van der Waals surface area contributed by atoms with Gasteiger partial charge in [-0.2, -0.15) is 5.26 Å². The lowest BCUT2D eigenvalue weighted by atomic mass is 10.2. The van der Waals surface area contributed by atoms with Crippen LogP contribution < -0.4 is 0 Å². The number of nitrogens with zero attached hydrogens (tertiary/aromatic N) is 3. The zero-order chi connectivity index (χ0) is 17.2. The van der Waals surface area contributed by atoms with E-state index in [0.717, 1.165) is 28.0 Å². The number of imidazole rings is 1. The molecule has 0 spiro atoms. The van der Waals surface area contributed by atoms with Crippen molar-refractivity contribution in [2.45, 2.75) is 6.92 Å². The summed E-state index contributed by atoms with van der Waals surface area (Å²) >= 11 is 0. The average Bonchev–Trinajstić information content (AvgIpc) is 3.23. The second kappa shape index (κ2) is 6.14. The van der Waals surface area contributed by atoms with Gasteiger partial charge in [0.05, 0.1) is 16.6 Å². The van der Waals surface area contributed by atoms with Crippen LogP contribution in [0.4, 0.5) is 0 Å². The van der Waals surface area contributed by atoms with E-state index in [4.69, 9.17) is 0 Å². The summed E-state index contributed by atoms with van der Waals surface area (Å²) in [5, 5.41) is 9.57. The second-order valence-corrected chi connectivity index (χ2v) is 5.89. The highest BCUT2D eigenvalue weighted by Crippen LogP contribution is 2.21. The Morgan fingerprint density at radius 3 is 2.64 bits per heavy atom. The number of H-pyrrole nitrogens is 1. The lowest BCUT2D eigenvalue weighted by Crippen LogP contribution is -1.92. The van der Waals surface area contributed by atoms with E-state index in [0.29, 0.717) is 11.4 Å². The number of rotatable bonds is 3. The standard InChI is InChI=1S/C21H16N4/c1-15-11-16(14-25(15)18-7-3-2-4-8-18)12-17(13-22)21-23-19-9-5-6-10-20(19)24-21/h2-12,14H,1H3,(H,23,24)/b17-12+. The Labute approximate surface area is 145 Å². The Bertz CT molecular complexity index is 1070. The third kappa shape index (κ3) is 2.84. The molecule has 1 N–H and O–H groups in total. The second-order valence-electron chi connectivity index (χ2n) is 5.89. The van der Waals surface area contributed by atoms with Crippen LogP contribution >= 0.6 is 0 Å². The number of allylic oxidation sites excluding steroid dienone is 1. The van der Waals surface area contributed by atoms with E-state index in [1.54, 1.807) is 0 Å². The lowest BCUT2D eigenvalue weighted by molar-refractivity contribution is 1.02. The predicted octanol–water partition coefficient (Wildman–Crippen LogP) is 4.73. The van der Waals surface area contributed by atoms with Crippen LogP contribution in [0, 0.1) is 18.3 Å². The van der Waals surface area contributed by atoms with Crippen LogP contribution in [0.1, 0.15) is 17.1 Å². The lowest BCUT2D eigenvalue weighted by Gasteiger charge is -2.04. The van der Waals surface area contributed by atoms with E-state index in [1.165, 1.54) is 0 Å². The highest BCUT2D eigenvalue weighted by Gasteiger charge is 2.09. The van der Waals surface area contributed by atoms with Crippen LogP contribution in [0.3, 0.4) is 0 Å². The Morgan fingerprint density at radius 1 is 1.12 bits per heavy atom. The molecule has 0 saturated carbocycles. The molecular formula is C21H16N4. The van der Waals surface area contributed by atoms with E-state index in [2.05, 4.69) is 45.7 Å². The van der Waals surface area contributed by atoms with E-state index < -0.39 is 0 Å². The van der Waals surface area contributed by atoms with Crippen LogP contribution in [0.5, 0.6) is 0 Å². The van der Waals surface area contributed by atoms with Crippen molar-refractivity contribution in [3.05, 3.63) is 83.9 Å². The first-order valence-electron chi connectivity index (χ1n) is 8.06. The van der Waals surface area contributed by atoms with Crippen molar-refractivity contribution in [1.82, 2.24) is 14.5 Å². The monoisotopic (exact) mass is 324 g/mol. The van der Waals surface area contributed by atoms with Gasteiger partial charge < -0.3 is 9.55 Å². The molecule has 2 heterocycles. The maximum absolute atomic E-state index is 9.57. The number of nitrogens with one attached hydrogen (secondary N) is 1. The highest BCUT2D eigenvalue weighted by atomic mass is 15.0. The number of aromatic amines is 1. The van der Waals surface area contributed by atoms with Crippen LogP contribution in [-0.4, -0.2) is 14.5 Å². The quantitative estimate of drug-likeness (QED) is 0.554. The van der Waals surface area contributed by atoms with Crippen molar-refractivity contribution >= 4 is 22.7 Å². The Morgan fingerprint density at radius 2 is 1.88 bits per heavy atom. The number of nitriles is 1. The van der Waals surface area contributed by atoms with Gasteiger partial charge in [0, 0.05) is 17.6 Å². The fraction of sp³-hybridized carbons (Fsp3) is 0.0476. The third-order valence-electron chi connectivity index (χ3n) is 4.14. The van der Waals surface area contributed by atoms with Gasteiger partial charge in [0.25, 0.3) is 0 Å². The van der Waals surface area contributed by atoms with Crippen LogP contribution in [0.2, 0.25) is 0 Å². The summed E-state index contributed by atoms with van der Waals surface area (Å²) in [7, 11) is 0. The summed E-state index contributed by atoms with van der Waals surface area (Å²) in [5.41, 5.74) is 5.48. The van der Waals surface area contributed by atoms with Crippen molar-refractivity contribution < 1.29 is 0 Å². The minimum Gasteiger partial charge on any atom is -0.337 e. The molecule has 2 aromatic heterocycles. The molecule has 0 atom stereocenters. The SMILES string of the molecule is Cc1cc(/C=C(\C#N)c2nc3ccccc3[nH]2)cn1-c1ccccc1. The van der Waals surface area contributed by atoms with Gasteiger partial charge in [-0.15, -0.1) is 0 Å². The van der Waals surface area contributed by atoms with Crippen molar-refractivity contribution in [1.29, 1.82) is 5.26 Å². The zero-order valence-corrected chi connectivity index (χ0v) is 13.8. The van der Waals surface area contributed by atoms with Gasteiger partial charge in [-0.3, -0.25) is 0 Å². The van der Waals surface area contributed by atoms with Crippen LogP contribution in [0.15, 0.2) is 66.9 Å². The number of aryl methyl sites for hydroxylation is 1. The first-order chi connectivity index (χ1) is 12.2. The molecule has 0 saturated heterocycles. The maximum Gasteiger partial charge on any atom is 0.149 e. The number of fused-ring (bicyclic) bond motifs is 1. The van der Waals surface area contributed by atoms with Gasteiger partial charge in [-0.25, -0.2) is 4.98 Å². The Hall–Kier alpha value is -3.58. The summed E-state index contributed by atoms with van der Waals surface area (Å²) in [5.74, 6) is 0.591. The fourth-order valence-corrected chi connectivity index (χ4v) is 2.95. The molecular weight excluding hydrogens is 308 g/mol. The molecule has 0 unspecified atom stereocenters. The van der Waals surface area contributed by atoms with E-state index in [9.17, 15) is 5.26 Å². The average molecular weight is 324 g/mol. The minimum atomic E-state index is 0.515. The molecule has 0 fully saturated rings. The molecule has 4 heteroatoms. The maximum atomic E-state index is 9.57. The molecule has 2 aromatic carbocycles. The molecule has 0 aliphatic carbocycles. The van der Waals surface area contributed by atoms with Crippen molar-refractivity contribution in [2.75, 3.05) is 0 Å². The summed E-state index contributed by atoms with van der Waals surface area (Å²) < 4.78 is 2.11. The van der Waals surface area contributed by atoms with E-state index >= 15 is 0 Å². The minimum absolute atomic E-state index is 0.515. The Balaban J connectivity index is 1.75. The number of hydrogen-bond acceptors (Lipinski definition) is 2. The smallest absolute Gasteiger partial charge is 0.149 e. The fourth-order valence-electron chi connectivity index (χ4n) is 2.95. The van der Waals surface area contributed by atoms with E-state index in [1.807, 2.05) is 54.7 Å². The van der Waals surface area contributed by atoms with Gasteiger partial charge >= 0.3 is 0 Å². The van der Waals surface area contributed by atoms with Gasteiger partial charge in [-0.05, 0) is 48.9 Å². The first kappa shape index (κ1) is 15.0. The predicted molar refractivity (Wildman–Crippen MR) is 100 cm³/mol. The zero-order valence-electron chi connectivity index (χ0n) is 13.8. The van der Waals surface area contributed by atoms with Gasteiger partial charge in [0.2, 0.25) is 0 Å². The van der Waals surface area contributed by atoms with Crippen molar-refractivity contribution in [2.24, 2.45) is 0 Å². The van der Waals surface area contributed by atoms with Crippen molar-refractivity contribution in [3.8, 4) is 11.8 Å². The molecule has 0 bridgehead atoms. The Kier molecular flexibility index (Phi) is 3.68. The van der Waals surface area contributed by atoms with Crippen LogP contribution in [0.25, 0.3) is 28.4 Å². The summed E-state index contributed by atoms with van der Waals surface area (Å²) in [4.78, 5) is 7.73. The molecule has 0 amide bonds. The summed E-state index contributed by atoms with van der Waals surface area (Å²) in [6.07, 6.45) is 3.90. The number of aromatic nitrogens is 3. The number of hydrogen-bond donors (Lipinski definition) is 1. The topological polar surface area (TPSA) is 57.4 Å². The molecule has 25 heavy (non-hydrogen) atoms. The van der Waals surface area contributed by atoms with Crippen molar-refractivity contribution in [3.63, 3.8) is 0 Å². The molecule has 4 nitrogen and oxygen atoms in total. The summed E-state index contributed by atoms with van der Waals surface area (Å²) in [6, 6.07) is 22.2. The molecule has 120 valence electrons. The first-order valence-corrected chi connectivity index (χ1v) is 8.06. The normalized spacial score (nSPS) is 11.6. The van der Waals surface area contributed by atoms with Gasteiger partial charge in [0.1, 0.15) is 11.9 Å². The molecule has 0 radical (unpaired) electrons. The molecule has 4 aromatic rings. The largest absolute Gasteiger partial charge is 0.337 e. The molecule has 4 rings (SSSR count). The number of benzene rings is 2.